The Bertz CT molecular complexity index is 1140. The van der Waals surface area contributed by atoms with E-state index in [0.717, 1.165) is 29.1 Å². The van der Waals surface area contributed by atoms with E-state index in [0.29, 0.717) is 31.5 Å². The van der Waals surface area contributed by atoms with Crippen LogP contribution in [0.15, 0.2) is 78.0 Å². The Kier molecular flexibility index (Phi) is 6.69. The molecule has 0 bridgehead atoms. The number of rotatable bonds is 8. The Hall–Kier alpha value is -3.94. The maximum atomic E-state index is 5.82. The Morgan fingerprint density at radius 2 is 1.87 bits per heavy atom. The lowest BCUT2D eigenvalue weighted by molar-refractivity contribution is 0.293. The lowest BCUT2D eigenvalue weighted by Crippen LogP contribution is -2.37. The van der Waals surface area contributed by atoms with Gasteiger partial charge in [0, 0.05) is 25.0 Å². The van der Waals surface area contributed by atoms with E-state index in [9.17, 15) is 0 Å². The first-order chi connectivity index (χ1) is 15.3. The lowest BCUT2D eigenvalue weighted by atomic mass is 10.2. The molecule has 3 aromatic heterocycles. The minimum absolute atomic E-state index is 0.483. The number of benzene rings is 1. The molecular formula is C23H25N7O. The fraction of sp³-hybridized carbons (Fsp3) is 0.217. The second kappa shape index (κ2) is 10.2. The quantitative estimate of drug-likeness (QED) is 0.340. The van der Waals surface area contributed by atoms with Crippen LogP contribution in [-0.2, 0) is 19.7 Å². The zero-order valence-corrected chi connectivity index (χ0v) is 17.4. The predicted octanol–water partition coefficient (Wildman–Crippen LogP) is 2.96. The van der Waals surface area contributed by atoms with Gasteiger partial charge in [0.15, 0.2) is 17.4 Å². The highest BCUT2D eigenvalue weighted by molar-refractivity contribution is 5.79. The zero-order chi connectivity index (χ0) is 21.3. The molecule has 4 aromatic rings. The summed E-state index contributed by atoms with van der Waals surface area (Å²) in [6.45, 7) is 4.29. The Morgan fingerprint density at radius 3 is 2.74 bits per heavy atom. The van der Waals surface area contributed by atoms with Gasteiger partial charge in [0.1, 0.15) is 6.61 Å². The molecule has 2 N–H and O–H groups in total. The standard InChI is InChI=1S/C23H25N7O/c1-2-24-23(27-16-21-29-28-20-10-6-7-13-30(20)21)26-15-19-11-12-25-22(14-19)31-17-18-8-4-3-5-9-18/h3-14H,2,15-17H2,1H3,(H2,24,26,27). The predicted molar refractivity (Wildman–Crippen MR) is 120 cm³/mol. The molecule has 8 nitrogen and oxygen atoms in total. The summed E-state index contributed by atoms with van der Waals surface area (Å²) < 4.78 is 7.77. The molecule has 0 saturated heterocycles. The van der Waals surface area contributed by atoms with Crippen LogP contribution in [0.3, 0.4) is 0 Å². The summed E-state index contributed by atoms with van der Waals surface area (Å²) in [7, 11) is 0. The molecule has 0 aliphatic carbocycles. The summed E-state index contributed by atoms with van der Waals surface area (Å²) in [5.41, 5.74) is 2.94. The molecule has 158 valence electrons. The number of pyridine rings is 2. The van der Waals surface area contributed by atoms with E-state index in [-0.39, 0.29) is 0 Å². The normalized spacial score (nSPS) is 11.5. The van der Waals surface area contributed by atoms with E-state index in [1.54, 1.807) is 6.20 Å². The average molecular weight is 416 g/mol. The first kappa shape index (κ1) is 20.3. The van der Waals surface area contributed by atoms with Crippen LogP contribution in [0.25, 0.3) is 5.65 Å². The van der Waals surface area contributed by atoms with Crippen molar-refractivity contribution in [1.29, 1.82) is 0 Å². The third-order valence-corrected chi connectivity index (χ3v) is 4.59. The molecule has 31 heavy (non-hydrogen) atoms. The van der Waals surface area contributed by atoms with Crippen LogP contribution in [-0.4, -0.2) is 32.1 Å². The number of aliphatic imine (C=N–C) groups is 1. The molecule has 1 aromatic carbocycles. The molecule has 0 radical (unpaired) electrons. The monoisotopic (exact) mass is 415 g/mol. The van der Waals surface area contributed by atoms with Gasteiger partial charge in [-0.3, -0.25) is 4.40 Å². The molecule has 4 rings (SSSR count). The number of hydrogen-bond acceptors (Lipinski definition) is 5. The third-order valence-electron chi connectivity index (χ3n) is 4.59. The molecule has 0 atom stereocenters. The topological polar surface area (TPSA) is 88.7 Å². The first-order valence-corrected chi connectivity index (χ1v) is 10.2. The minimum Gasteiger partial charge on any atom is -0.473 e. The number of guanidine groups is 1. The number of fused-ring (bicyclic) bond motifs is 1. The van der Waals surface area contributed by atoms with E-state index >= 15 is 0 Å². The molecule has 3 heterocycles. The second-order valence-electron chi connectivity index (χ2n) is 6.87. The van der Waals surface area contributed by atoms with Crippen LogP contribution in [0.4, 0.5) is 0 Å². The van der Waals surface area contributed by atoms with Gasteiger partial charge in [-0.05, 0) is 36.2 Å². The van der Waals surface area contributed by atoms with Crippen LogP contribution in [0.5, 0.6) is 5.88 Å². The van der Waals surface area contributed by atoms with Crippen molar-refractivity contribution < 1.29 is 4.74 Å². The van der Waals surface area contributed by atoms with Gasteiger partial charge >= 0.3 is 0 Å². The van der Waals surface area contributed by atoms with E-state index in [1.807, 2.05) is 78.2 Å². The molecular weight excluding hydrogens is 390 g/mol. The van der Waals surface area contributed by atoms with Crippen molar-refractivity contribution in [3.05, 3.63) is 90.0 Å². The fourth-order valence-corrected chi connectivity index (χ4v) is 3.05. The van der Waals surface area contributed by atoms with Crippen molar-refractivity contribution >= 4 is 11.6 Å². The van der Waals surface area contributed by atoms with E-state index in [2.05, 4.69) is 30.8 Å². The van der Waals surface area contributed by atoms with E-state index < -0.39 is 0 Å². The Balaban J connectivity index is 1.37. The zero-order valence-electron chi connectivity index (χ0n) is 17.4. The van der Waals surface area contributed by atoms with Gasteiger partial charge in [-0.2, -0.15) is 0 Å². The second-order valence-corrected chi connectivity index (χ2v) is 6.87. The molecule has 0 saturated carbocycles. The first-order valence-electron chi connectivity index (χ1n) is 10.2. The molecule has 0 fully saturated rings. The summed E-state index contributed by atoms with van der Waals surface area (Å²) in [6, 6.07) is 19.7. The highest BCUT2D eigenvalue weighted by atomic mass is 16.5. The van der Waals surface area contributed by atoms with Gasteiger partial charge < -0.3 is 15.4 Å². The lowest BCUT2D eigenvalue weighted by Gasteiger charge is -2.11. The van der Waals surface area contributed by atoms with Crippen molar-refractivity contribution in [2.45, 2.75) is 26.6 Å². The molecule has 0 aliphatic rings. The van der Waals surface area contributed by atoms with Crippen LogP contribution in [0, 0.1) is 0 Å². The van der Waals surface area contributed by atoms with Gasteiger partial charge in [0.05, 0.1) is 13.1 Å². The highest BCUT2D eigenvalue weighted by Gasteiger charge is 2.06. The third kappa shape index (κ3) is 5.57. The van der Waals surface area contributed by atoms with Crippen molar-refractivity contribution in [3.63, 3.8) is 0 Å². The fourth-order valence-electron chi connectivity index (χ4n) is 3.05. The average Bonchev–Trinajstić information content (AvgIpc) is 3.24. The van der Waals surface area contributed by atoms with Crippen molar-refractivity contribution in [2.24, 2.45) is 4.99 Å². The van der Waals surface area contributed by atoms with Gasteiger partial charge in [0.2, 0.25) is 5.88 Å². The van der Waals surface area contributed by atoms with Crippen molar-refractivity contribution in [2.75, 3.05) is 6.54 Å². The van der Waals surface area contributed by atoms with Crippen LogP contribution in [0.1, 0.15) is 23.9 Å². The number of nitrogens with one attached hydrogen (secondary N) is 2. The molecule has 0 aliphatic heterocycles. The summed E-state index contributed by atoms with van der Waals surface area (Å²) >= 11 is 0. The van der Waals surface area contributed by atoms with Gasteiger partial charge in [-0.25, -0.2) is 9.98 Å². The maximum absolute atomic E-state index is 5.82. The SMILES string of the molecule is CCNC(=NCc1ccnc(OCc2ccccc2)c1)NCc1nnc2ccccn12. The van der Waals surface area contributed by atoms with Crippen molar-refractivity contribution in [3.8, 4) is 5.88 Å². The van der Waals surface area contributed by atoms with Crippen molar-refractivity contribution in [1.82, 2.24) is 30.2 Å². The van der Waals surface area contributed by atoms with Gasteiger partial charge in [0.25, 0.3) is 0 Å². The maximum Gasteiger partial charge on any atom is 0.213 e. The summed E-state index contributed by atoms with van der Waals surface area (Å²) in [5.74, 6) is 2.12. The molecule has 0 amide bonds. The van der Waals surface area contributed by atoms with E-state index in [4.69, 9.17) is 4.74 Å². The Labute approximate surface area is 181 Å². The largest absolute Gasteiger partial charge is 0.473 e. The number of aromatic nitrogens is 4. The molecule has 0 spiro atoms. The minimum atomic E-state index is 0.483. The van der Waals surface area contributed by atoms with Crippen LogP contribution >= 0.6 is 0 Å². The van der Waals surface area contributed by atoms with Gasteiger partial charge in [-0.1, -0.05) is 36.4 Å². The number of ether oxygens (including phenoxy) is 1. The van der Waals surface area contributed by atoms with E-state index in [1.165, 1.54) is 0 Å². The number of hydrogen-bond donors (Lipinski definition) is 2. The summed E-state index contributed by atoms with van der Waals surface area (Å²) in [6.07, 6.45) is 3.69. The van der Waals surface area contributed by atoms with Crippen LogP contribution < -0.4 is 15.4 Å². The Morgan fingerprint density at radius 1 is 1.00 bits per heavy atom. The molecule has 8 heteroatoms. The molecule has 0 unspecified atom stereocenters. The van der Waals surface area contributed by atoms with Crippen LogP contribution in [0.2, 0.25) is 0 Å². The highest BCUT2D eigenvalue weighted by Crippen LogP contribution is 2.12. The smallest absolute Gasteiger partial charge is 0.213 e. The summed E-state index contributed by atoms with van der Waals surface area (Å²) in [5, 5.41) is 15.0. The number of nitrogens with zero attached hydrogens (tertiary/aromatic N) is 5. The van der Waals surface area contributed by atoms with Gasteiger partial charge in [-0.15, -0.1) is 10.2 Å². The summed E-state index contributed by atoms with van der Waals surface area (Å²) in [4.78, 5) is 8.97.